The number of hydrogen-bond donors (Lipinski definition) is 1. The van der Waals surface area contributed by atoms with Gasteiger partial charge in [0.2, 0.25) is 5.91 Å². The predicted octanol–water partition coefficient (Wildman–Crippen LogP) is 4.55. The van der Waals surface area contributed by atoms with Crippen molar-refractivity contribution in [3.8, 4) is 16.5 Å². The Morgan fingerprint density at radius 1 is 1.22 bits per heavy atom. The Bertz CT molecular complexity index is 878. The van der Waals surface area contributed by atoms with Gasteiger partial charge in [0.1, 0.15) is 5.75 Å². The second kappa shape index (κ2) is 9.57. The third kappa shape index (κ3) is 4.90. The summed E-state index contributed by atoms with van der Waals surface area (Å²) in [5, 5.41) is 14.2. The van der Waals surface area contributed by atoms with Crippen LogP contribution in [-0.4, -0.2) is 33.0 Å². The highest BCUT2D eigenvalue weighted by atomic mass is 32.2. The summed E-state index contributed by atoms with van der Waals surface area (Å²) < 4.78 is 7.71. The number of rotatable bonds is 9. The predicted molar refractivity (Wildman–Crippen MR) is 111 cm³/mol. The SMILES string of the molecule is CCCOc1ccccc1NC(=O)CSc1nnc(-c2cccs2)n1CC. The molecule has 1 aromatic carbocycles. The number of para-hydroxylation sites is 2. The van der Waals surface area contributed by atoms with Gasteiger partial charge in [-0.05, 0) is 36.9 Å². The van der Waals surface area contributed by atoms with Crippen LogP contribution in [0.1, 0.15) is 20.3 Å². The van der Waals surface area contributed by atoms with Crippen LogP contribution in [0.15, 0.2) is 46.9 Å². The molecule has 0 unspecified atom stereocenters. The molecule has 0 spiro atoms. The third-order valence-corrected chi connectivity index (χ3v) is 5.56. The van der Waals surface area contributed by atoms with E-state index < -0.39 is 0 Å². The molecule has 8 heteroatoms. The fourth-order valence-electron chi connectivity index (χ4n) is 2.49. The number of amides is 1. The molecular weight excluding hydrogens is 380 g/mol. The summed E-state index contributed by atoms with van der Waals surface area (Å²) in [5.41, 5.74) is 0.688. The molecule has 3 aromatic rings. The van der Waals surface area contributed by atoms with E-state index in [1.807, 2.05) is 60.2 Å². The number of nitrogens with zero attached hydrogens (tertiary/aromatic N) is 3. The summed E-state index contributed by atoms with van der Waals surface area (Å²) in [7, 11) is 0. The molecule has 0 saturated heterocycles. The summed E-state index contributed by atoms with van der Waals surface area (Å²) >= 11 is 3.01. The Morgan fingerprint density at radius 2 is 2.07 bits per heavy atom. The van der Waals surface area contributed by atoms with Crippen LogP contribution in [0.3, 0.4) is 0 Å². The van der Waals surface area contributed by atoms with Crippen LogP contribution in [0, 0.1) is 0 Å². The average molecular weight is 403 g/mol. The Hall–Kier alpha value is -2.32. The maximum absolute atomic E-state index is 12.4. The minimum atomic E-state index is -0.101. The molecule has 0 aliphatic heterocycles. The Kier molecular flexibility index (Phi) is 6.89. The lowest BCUT2D eigenvalue weighted by Gasteiger charge is -2.12. The van der Waals surface area contributed by atoms with Gasteiger partial charge >= 0.3 is 0 Å². The van der Waals surface area contributed by atoms with E-state index in [9.17, 15) is 4.79 Å². The highest BCUT2D eigenvalue weighted by Crippen LogP contribution is 2.28. The zero-order chi connectivity index (χ0) is 19.1. The molecular formula is C19H22N4O2S2. The van der Waals surface area contributed by atoms with E-state index in [2.05, 4.69) is 15.5 Å². The van der Waals surface area contributed by atoms with Gasteiger partial charge in [-0.2, -0.15) is 0 Å². The Labute approximate surface area is 167 Å². The van der Waals surface area contributed by atoms with Gasteiger partial charge in [-0.1, -0.05) is 36.9 Å². The highest BCUT2D eigenvalue weighted by Gasteiger charge is 2.15. The largest absolute Gasteiger partial charge is 0.491 e. The first-order valence-corrected chi connectivity index (χ1v) is 10.7. The van der Waals surface area contributed by atoms with Crippen LogP contribution >= 0.6 is 23.1 Å². The maximum atomic E-state index is 12.4. The van der Waals surface area contributed by atoms with Crippen molar-refractivity contribution in [1.82, 2.24) is 14.8 Å². The van der Waals surface area contributed by atoms with Gasteiger partial charge in [-0.25, -0.2) is 0 Å². The molecule has 1 N–H and O–H groups in total. The van der Waals surface area contributed by atoms with Crippen molar-refractivity contribution in [2.24, 2.45) is 0 Å². The van der Waals surface area contributed by atoms with Gasteiger partial charge in [0.25, 0.3) is 0 Å². The standard InChI is InChI=1S/C19H22N4O2S2/c1-3-11-25-15-9-6-5-8-14(15)20-17(24)13-27-19-22-21-18(23(19)4-2)16-10-7-12-26-16/h5-10,12H,3-4,11,13H2,1-2H3,(H,20,24). The zero-order valence-electron chi connectivity index (χ0n) is 15.3. The minimum absolute atomic E-state index is 0.101. The first-order chi connectivity index (χ1) is 13.2. The van der Waals surface area contributed by atoms with Gasteiger partial charge in [0.15, 0.2) is 11.0 Å². The van der Waals surface area contributed by atoms with Crippen LogP contribution in [-0.2, 0) is 11.3 Å². The number of ether oxygens (including phenoxy) is 1. The molecule has 27 heavy (non-hydrogen) atoms. The van der Waals surface area contributed by atoms with Crippen molar-refractivity contribution in [1.29, 1.82) is 0 Å². The van der Waals surface area contributed by atoms with Crippen molar-refractivity contribution in [3.63, 3.8) is 0 Å². The molecule has 6 nitrogen and oxygen atoms in total. The number of benzene rings is 1. The lowest BCUT2D eigenvalue weighted by atomic mass is 10.3. The lowest BCUT2D eigenvalue weighted by molar-refractivity contribution is -0.113. The smallest absolute Gasteiger partial charge is 0.234 e. The van der Waals surface area contributed by atoms with E-state index in [0.29, 0.717) is 18.0 Å². The van der Waals surface area contributed by atoms with E-state index in [1.165, 1.54) is 11.8 Å². The van der Waals surface area contributed by atoms with Crippen LogP contribution in [0.2, 0.25) is 0 Å². The van der Waals surface area contributed by atoms with Crippen LogP contribution < -0.4 is 10.1 Å². The van der Waals surface area contributed by atoms with Crippen molar-refractivity contribution in [2.45, 2.75) is 32.0 Å². The first kappa shape index (κ1) is 19.4. The van der Waals surface area contributed by atoms with Gasteiger partial charge in [0.05, 0.1) is 22.9 Å². The summed E-state index contributed by atoms with van der Waals surface area (Å²) in [6, 6.07) is 11.5. The second-order valence-electron chi connectivity index (χ2n) is 5.71. The van der Waals surface area contributed by atoms with Crippen LogP contribution in [0.4, 0.5) is 5.69 Å². The van der Waals surface area contributed by atoms with Crippen LogP contribution in [0.5, 0.6) is 5.75 Å². The van der Waals surface area contributed by atoms with E-state index >= 15 is 0 Å². The number of carbonyl (C=O) groups excluding carboxylic acids is 1. The molecule has 0 fully saturated rings. The maximum Gasteiger partial charge on any atom is 0.234 e. The van der Waals surface area contributed by atoms with E-state index in [0.717, 1.165) is 28.8 Å². The molecule has 0 bridgehead atoms. The number of aromatic nitrogens is 3. The number of hydrogen-bond acceptors (Lipinski definition) is 6. The summed E-state index contributed by atoms with van der Waals surface area (Å²) in [5.74, 6) is 1.68. The first-order valence-electron chi connectivity index (χ1n) is 8.84. The normalized spacial score (nSPS) is 10.7. The Balaban J connectivity index is 1.63. The molecule has 142 valence electrons. The molecule has 3 rings (SSSR count). The van der Waals surface area contributed by atoms with Crippen molar-refractivity contribution in [3.05, 3.63) is 41.8 Å². The summed E-state index contributed by atoms with van der Waals surface area (Å²) in [6.45, 7) is 5.46. The highest BCUT2D eigenvalue weighted by molar-refractivity contribution is 7.99. The molecule has 2 heterocycles. The molecule has 0 aliphatic carbocycles. The fourth-order valence-corrected chi connectivity index (χ4v) is 4.01. The van der Waals surface area contributed by atoms with E-state index in [4.69, 9.17) is 4.74 Å². The Morgan fingerprint density at radius 3 is 2.81 bits per heavy atom. The summed E-state index contributed by atoms with van der Waals surface area (Å²) in [6.07, 6.45) is 0.914. The molecule has 0 aliphatic rings. The molecule has 2 aromatic heterocycles. The zero-order valence-corrected chi connectivity index (χ0v) is 17.0. The van der Waals surface area contributed by atoms with E-state index in [-0.39, 0.29) is 11.7 Å². The van der Waals surface area contributed by atoms with E-state index in [1.54, 1.807) is 11.3 Å². The fraction of sp³-hybridized carbons (Fsp3) is 0.316. The second-order valence-corrected chi connectivity index (χ2v) is 7.60. The number of nitrogens with one attached hydrogen (secondary N) is 1. The van der Waals surface area contributed by atoms with Crippen molar-refractivity contribution < 1.29 is 9.53 Å². The van der Waals surface area contributed by atoms with Crippen molar-refractivity contribution >= 4 is 34.7 Å². The summed E-state index contributed by atoms with van der Waals surface area (Å²) in [4.78, 5) is 13.5. The molecule has 1 amide bonds. The van der Waals surface area contributed by atoms with Crippen LogP contribution in [0.25, 0.3) is 10.7 Å². The third-order valence-electron chi connectivity index (χ3n) is 3.73. The van der Waals surface area contributed by atoms with Gasteiger partial charge in [-0.15, -0.1) is 21.5 Å². The minimum Gasteiger partial charge on any atom is -0.491 e. The monoisotopic (exact) mass is 402 g/mol. The number of thioether (sulfide) groups is 1. The van der Waals surface area contributed by atoms with Gasteiger partial charge in [0, 0.05) is 6.54 Å². The topological polar surface area (TPSA) is 69.0 Å². The number of carbonyl (C=O) groups is 1. The molecule has 0 saturated carbocycles. The lowest BCUT2D eigenvalue weighted by Crippen LogP contribution is -2.15. The number of thiophene rings is 1. The van der Waals surface area contributed by atoms with Crippen molar-refractivity contribution in [2.75, 3.05) is 17.7 Å². The molecule has 0 atom stereocenters. The average Bonchev–Trinajstić information content (AvgIpc) is 3.34. The quantitative estimate of drug-likeness (QED) is 0.532. The van der Waals surface area contributed by atoms with Gasteiger partial charge in [-0.3, -0.25) is 4.79 Å². The molecule has 0 radical (unpaired) electrons. The number of anilines is 1. The van der Waals surface area contributed by atoms with Gasteiger partial charge < -0.3 is 14.6 Å².